The molecule has 0 aromatic heterocycles. The number of phenolic OH excluding ortho intramolecular Hbond substituents is 1. The van der Waals surface area contributed by atoms with Gasteiger partial charge in [-0.15, -0.1) is 0 Å². The lowest BCUT2D eigenvalue weighted by Crippen LogP contribution is -2.37. The minimum absolute atomic E-state index is 0.397. The van der Waals surface area contributed by atoms with Gasteiger partial charge in [0.2, 0.25) is 0 Å². The van der Waals surface area contributed by atoms with Crippen LogP contribution in [-0.2, 0) is 6.54 Å². The van der Waals surface area contributed by atoms with Crippen molar-refractivity contribution in [1.29, 1.82) is 0 Å². The molecule has 1 aromatic carbocycles. The lowest BCUT2D eigenvalue weighted by atomic mass is 10.1. The van der Waals surface area contributed by atoms with Crippen LogP contribution >= 0.6 is 15.9 Å². The summed E-state index contributed by atoms with van der Waals surface area (Å²) >= 11 is 3.46. The Bertz CT molecular complexity index is 409. The number of hydrogen-bond acceptors (Lipinski definition) is 3. The first-order chi connectivity index (χ1) is 8.56. The molecule has 1 unspecified atom stereocenters. The van der Waals surface area contributed by atoms with E-state index in [0.717, 1.165) is 29.7 Å². The fourth-order valence-electron chi connectivity index (χ4n) is 2.63. The molecule has 1 fully saturated rings. The second-order valence-electron chi connectivity index (χ2n) is 5.30. The molecule has 2 rings (SSSR count). The van der Waals surface area contributed by atoms with E-state index in [-0.39, 0.29) is 0 Å². The van der Waals surface area contributed by atoms with Crippen LogP contribution in [0.15, 0.2) is 22.7 Å². The van der Waals surface area contributed by atoms with Crippen LogP contribution in [0.3, 0.4) is 0 Å². The molecule has 1 aromatic rings. The van der Waals surface area contributed by atoms with Crippen molar-refractivity contribution in [2.24, 2.45) is 0 Å². The number of benzene rings is 1. The van der Waals surface area contributed by atoms with Crippen molar-refractivity contribution in [3.8, 4) is 5.75 Å². The summed E-state index contributed by atoms with van der Waals surface area (Å²) in [7, 11) is 4.24. The lowest BCUT2D eigenvalue weighted by Gasteiger charge is -2.27. The molecule has 1 aliphatic heterocycles. The van der Waals surface area contributed by atoms with Gasteiger partial charge in [-0.3, -0.25) is 4.90 Å². The van der Waals surface area contributed by atoms with Crippen molar-refractivity contribution in [3.05, 3.63) is 28.2 Å². The highest BCUT2D eigenvalue weighted by Gasteiger charge is 2.25. The molecule has 0 saturated carbocycles. The normalized spacial score (nSPS) is 20.8. The highest BCUT2D eigenvalue weighted by molar-refractivity contribution is 9.10. The lowest BCUT2D eigenvalue weighted by molar-refractivity contribution is 0.199. The average molecular weight is 313 g/mol. The second kappa shape index (κ2) is 6.04. The fourth-order valence-corrected chi connectivity index (χ4v) is 3.04. The Hall–Kier alpha value is -0.580. The predicted octanol–water partition coefficient (Wildman–Crippen LogP) is 2.68. The molecule has 0 amide bonds. The van der Waals surface area contributed by atoms with Gasteiger partial charge in [-0.1, -0.05) is 15.9 Å². The number of hydrogen-bond donors (Lipinski definition) is 1. The molecule has 4 heteroatoms. The number of likely N-dealkylation sites (tertiary alicyclic amines) is 1. The molecule has 1 heterocycles. The van der Waals surface area contributed by atoms with Crippen LogP contribution in [-0.4, -0.2) is 48.1 Å². The minimum Gasteiger partial charge on any atom is -0.508 e. The van der Waals surface area contributed by atoms with Crippen molar-refractivity contribution in [2.45, 2.75) is 25.4 Å². The highest BCUT2D eigenvalue weighted by Crippen LogP contribution is 2.27. The maximum Gasteiger partial charge on any atom is 0.120 e. The van der Waals surface area contributed by atoms with E-state index < -0.39 is 0 Å². The van der Waals surface area contributed by atoms with Crippen LogP contribution in [0.1, 0.15) is 18.4 Å². The van der Waals surface area contributed by atoms with E-state index >= 15 is 0 Å². The Morgan fingerprint density at radius 2 is 2.22 bits per heavy atom. The smallest absolute Gasteiger partial charge is 0.120 e. The molecule has 1 aliphatic rings. The Kier molecular flexibility index (Phi) is 4.65. The molecule has 100 valence electrons. The molecule has 0 spiro atoms. The van der Waals surface area contributed by atoms with Crippen LogP contribution in [0.25, 0.3) is 0 Å². The predicted molar refractivity (Wildman–Crippen MR) is 77.8 cm³/mol. The number of aromatic hydroxyl groups is 1. The van der Waals surface area contributed by atoms with Crippen LogP contribution in [0.2, 0.25) is 0 Å². The standard InChI is InChI=1S/C14H21BrN2O/c1-16(2)10-13-4-3-7-17(13)9-11-8-12(15)5-6-14(11)18/h5-6,8,13,18H,3-4,7,9-10H2,1-2H3. The Morgan fingerprint density at radius 3 is 2.94 bits per heavy atom. The van der Waals surface area contributed by atoms with Gasteiger partial charge in [0.05, 0.1) is 0 Å². The Balaban J connectivity index is 2.05. The first kappa shape index (κ1) is 13.8. The van der Waals surface area contributed by atoms with Crippen LogP contribution in [0, 0.1) is 0 Å². The molecule has 1 saturated heterocycles. The van der Waals surface area contributed by atoms with E-state index in [1.54, 1.807) is 6.07 Å². The summed E-state index contributed by atoms with van der Waals surface area (Å²) in [6, 6.07) is 6.26. The van der Waals surface area contributed by atoms with E-state index in [0.29, 0.717) is 11.8 Å². The molecule has 0 radical (unpaired) electrons. The van der Waals surface area contributed by atoms with Gasteiger partial charge in [0.15, 0.2) is 0 Å². The van der Waals surface area contributed by atoms with Gasteiger partial charge in [-0.05, 0) is 51.7 Å². The highest BCUT2D eigenvalue weighted by atomic mass is 79.9. The van der Waals surface area contributed by atoms with Crippen LogP contribution in [0.4, 0.5) is 0 Å². The largest absolute Gasteiger partial charge is 0.508 e. The third-order valence-corrected chi connectivity index (χ3v) is 3.98. The molecular weight excluding hydrogens is 292 g/mol. The minimum atomic E-state index is 0.397. The second-order valence-corrected chi connectivity index (χ2v) is 6.22. The van der Waals surface area contributed by atoms with Crippen LogP contribution in [0.5, 0.6) is 5.75 Å². The maximum atomic E-state index is 9.91. The zero-order valence-electron chi connectivity index (χ0n) is 11.1. The maximum absolute atomic E-state index is 9.91. The number of rotatable bonds is 4. The Labute approximate surface area is 118 Å². The van der Waals surface area contributed by atoms with Gasteiger partial charge in [0, 0.05) is 29.2 Å². The number of likely N-dealkylation sites (N-methyl/N-ethyl adjacent to an activating group) is 1. The van der Waals surface area contributed by atoms with Gasteiger partial charge < -0.3 is 10.0 Å². The van der Waals surface area contributed by atoms with E-state index in [4.69, 9.17) is 0 Å². The van der Waals surface area contributed by atoms with Gasteiger partial charge in [-0.25, -0.2) is 0 Å². The van der Waals surface area contributed by atoms with Gasteiger partial charge in [0.25, 0.3) is 0 Å². The van der Waals surface area contributed by atoms with E-state index in [9.17, 15) is 5.11 Å². The SMILES string of the molecule is CN(C)CC1CCCN1Cc1cc(Br)ccc1O. The summed E-state index contributed by atoms with van der Waals surface area (Å²) in [6.07, 6.45) is 2.51. The van der Waals surface area contributed by atoms with E-state index in [2.05, 4.69) is 39.8 Å². The zero-order chi connectivity index (χ0) is 13.1. The number of nitrogens with zero attached hydrogens (tertiary/aromatic N) is 2. The topological polar surface area (TPSA) is 26.7 Å². The zero-order valence-corrected chi connectivity index (χ0v) is 12.7. The summed E-state index contributed by atoms with van der Waals surface area (Å²) < 4.78 is 1.03. The van der Waals surface area contributed by atoms with Gasteiger partial charge in [-0.2, -0.15) is 0 Å². The summed E-state index contributed by atoms with van der Waals surface area (Å²) in [5.41, 5.74) is 1.01. The first-order valence-electron chi connectivity index (χ1n) is 6.42. The van der Waals surface area contributed by atoms with Gasteiger partial charge in [0.1, 0.15) is 5.75 Å². The first-order valence-corrected chi connectivity index (χ1v) is 7.21. The summed E-state index contributed by atoms with van der Waals surface area (Å²) in [6.45, 7) is 3.06. The number of halogens is 1. The Morgan fingerprint density at radius 1 is 1.44 bits per heavy atom. The van der Waals surface area contributed by atoms with E-state index in [1.807, 2.05) is 12.1 Å². The van der Waals surface area contributed by atoms with Crippen molar-refractivity contribution >= 4 is 15.9 Å². The summed E-state index contributed by atoms with van der Waals surface area (Å²) in [4.78, 5) is 4.71. The molecular formula is C14H21BrN2O. The summed E-state index contributed by atoms with van der Waals surface area (Å²) in [5.74, 6) is 0.397. The quantitative estimate of drug-likeness (QED) is 0.926. The van der Waals surface area contributed by atoms with Gasteiger partial charge >= 0.3 is 0 Å². The molecule has 0 aliphatic carbocycles. The third kappa shape index (κ3) is 3.46. The molecule has 1 atom stereocenters. The monoisotopic (exact) mass is 312 g/mol. The molecule has 3 nitrogen and oxygen atoms in total. The number of phenols is 1. The summed E-state index contributed by atoms with van der Waals surface area (Å²) in [5, 5.41) is 9.91. The van der Waals surface area contributed by atoms with E-state index in [1.165, 1.54) is 12.8 Å². The molecule has 1 N–H and O–H groups in total. The van der Waals surface area contributed by atoms with Crippen LogP contribution < -0.4 is 0 Å². The van der Waals surface area contributed by atoms with Crippen molar-refractivity contribution in [2.75, 3.05) is 27.2 Å². The van der Waals surface area contributed by atoms with Crippen molar-refractivity contribution in [3.63, 3.8) is 0 Å². The van der Waals surface area contributed by atoms with Crippen molar-refractivity contribution in [1.82, 2.24) is 9.80 Å². The third-order valence-electron chi connectivity index (χ3n) is 3.49. The fraction of sp³-hybridized carbons (Fsp3) is 0.571. The average Bonchev–Trinajstić information content (AvgIpc) is 2.70. The molecule has 0 bridgehead atoms. The molecule has 18 heavy (non-hydrogen) atoms. The van der Waals surface area contributed by atoms with Crippen molar-refractivity contribution < 1.29 is 5.11 Å².